The van der Waals surface area contributed by atoms with Crippen molar-refractivity contribution in [1.29, 1.82) is 0 Å². The van der Waals surface area contributed by atoms with Gasteiger partial charge in [0.2, 0.25) is 5.91 Å². The molecule has 84 valence electrons. The Bertz CT molecular complexity index is 292. The van der Waals surface area contributed by atoms with Crippen molar-refractivity contribution in [2.75, 3.05) is 13.6 Å². The SMILES string of the molecule is CN(CC1CC1)C(=O)C1(C(=O)O)CCC1. The molecule has 1 amide bonds. The zero-order valence-electron chi connectivity index (χ0n) is 9.03. The maximum absolute atomic E-state index is 12.0. The highest BCUT2D eigenvalue weighted by Crippen LogP contribution is 2.43. The van der Waals surface area contributed by atoms with Crippen molar-refractivity contribution in [2.45, 2.75) is 32.1 Å². The van der Waals surface area contributed by atoms with Crippen LogP contribution < -0.4 is 0 Å². The fourth-order valence-electron chi connectivity index (χ4n) is 2.19. The predicted octanol–water partition coefficient (Wildman–Crippen LogP) is 1.11. The number of amides is 1. The number of carboxylic acids is 1. The Morgan fingerprint density at radius 3 is 2.33 bits per heavy atom. The van der Waals surface area contributed by atoms with Crippen LogP contribution >= 0.6 is 0 Å². The Labute approximate surface area is 89.3 Å². The summed E-state index contributed by atoms with van der Waals surface area (Å²) in [5.41, 5.74) is -1.08. The summed E-state index contributed by atoms with van der Waals surface area (Å²) >= 11 is 0. The second-order valence-electron chi connectivity index (χ2n) is 4.87. The van der Waals surface area contributed by atoms with Gasteiger partial charge in [-0.15, -0.1) is 0 Å². The Balaban J connectivity index is 2.00. The summed E-state index contributed by atoms with van der Waals surface area (Å²) in [4.78, 5) is 24.7. The average molecular weight is 211 g/mol. The van der Waals surface area contributed by atoms with E-state index >= 15 is 0 Å². The lowest BCUT2D eigenvalue weighted by molar-refractivity contribution is -0.166. The molecule has 0 bridgehead atoms. The number of rotatable bonds is 4. The standard InChI is InChI=1S/C11H17NO3/c1-12(7-8-3-4-8)9(13)11(10(14)15)5-2-6-11/h8H,2-7H2,1H3,(H,14,15). The van der Waals surface area contributed by atoms with E-state index < -0.39 is 11.4 Å². The van der Waals surface area contributed by atoms with Crippen LogP contribution in [-0.4, -0.2) is 35.5 Å². The molecule has 15 heavy (non-hydrogen) atoms. The summed E-state index contributed by atoms with van der Waals surface area (Å²) in [6.07, 6.45) is 4.23. The first-order chi connectivity index (χ1) is 7.06. The molecule has 2 aliphatic rings. The number of hydrogen-bond donors (Lipinski definition) is 1. The second kappa shape index (κ2) is 3.51. The van der Waals surface area contributed by atoms with Gasteiger partial charge in [0.1, 0.15) is 5.41 Å². The van der Waals surface area contributed by atoms with E-state index in [9.17, 15) is 9.59 Å². The Morgan fingerprint density at radius 2 is 2.00 bits per heavy atom. The summed E-state index contributed by atoms with van der Waals surface area (Å²) in [6, 6.07) is 0. The van der Waals surface area contributed by atoms with Crippen molar-refractivity contribution in [1.82, 2.24) is 4.90 Å². The second-order valence-corrected chi connectivity index (χ2v) is 4.87. The van der Waals surface area contributed by atoms with Crippen LogP contribution in [0.15, 0.2) is 0 Å². The predicted molar refractivity (Wildman–Crippen MR) is 54.3 cm³/mol. The summed E-state index contributed by atoms with van der Waals surface area (Å²) in [6.45, 7) is 0.730. The highest BCUT2D eigenvalue weighted by molar-refractivity contribution is 6.02. The Kier molecular flexibility index (Phi) is 2.44. The molecule has 0 aromatic heterocycles. The molecule has 4 nitrogen and oxygen atoms in total. The molecule has 4 heteroatoms. The average Bonchev–Trinajstić information content (AvgIpc) is 2.84. The highest BCUT2D eigenvalue weighted by atomic mass is 16.4. The van der Waals surface area contributed by atoms with E-state index in [2.05, 4.69) is 0 Å². The smallest absolute Gasteiger partial charge is 0.319 e. The van der Waals surface area contributed by atoms with Gasteiger partial charge in [0.15, 0.2) is 0 Å². The molecular weight excluding hydrogens is 194 g/mol. The van der Waals surface area contributed by atoms with Crippen molar-refractivity contribution in [2.24, 2.45) is 11.3 Å². The van der Waals surface area contributed by atoms with Gasteiger partial charge in [-0.05, 0) is 31.6 Å². The summed E-state index contributed by atoms with van der Waals surface area (Å²) in [5, 5.41) is 9.11. The maximum Gasteiger partial charge on any atom is 0.319 e. The molecule has 0 heterocycles. The highest BCUT2D eigenvalue weighted by Gasteiger charge is 2.52. The molecule has 0 aromatic rings. The van der Waals surface area contributed by atoms with Crippen molar-refractivity contribution in [3.8, 4) is 0 Å². The van der Waals surface area contributed by atoms with E-state index in [1.54, 1.807) is 11.9 Å². The molecule has 1 N–H and O–H groups in total. The van der Waals surface area contributed by atoms with Gasteiger partial charge >= 0.3 is 5.97 Å². The minimum atomic E-state index is -1.08. The van der Waals surface area contributed by atoms with Crippen molar-refractivity contribution < 1.29 is 14.7 Å². The maximum atomic E-state index is 12.0. The van der Waals surface area contributed by atoms with E-state index in [0.29, 0.717) is 18.8 Å². The minimum Gasteiger partial charge on any atom is -0.480 e. The minimum absolute atomic E-state index is 0.187. The van der Waals surface area contributed by atoms with Gasteiger partial charge < -0.3 is 10.0 Å². The topological polar surface area (TPSA) is 57.6 Å². The molecular formula is C11H17NO3. The van der Waals surface area contributed by atoms with Crippen molar-refractivity contribution in [3.05, 3.63) is 0 Å². The van der Waals surface area contributed by atoms with Crippen LogP contribution in [0.2, 0.25) is 0 Å². The third-order valence-electron chi connectivity index (χ3n) is 3.60. The Hall–Kier alpha value is -1.06. The van der Waals surface area contributed by atoms with Gasteiger partial charge in [-0.1, -0.05) is 6.42 Å². The largest absolute Gasteiger partial charge is 0.480 e. The zero-order valence-corrected chi connectivity index (χ0v) is 9.03. The van der Waals surface area contributed by atoms with Crippen LogP contribution in [0.1, 0.15) is 32.1 Å². The molecule has 0 unspecified atom stereocenters. The fraction of sp³-hybridized carbons (Fsp3) is 0.818. The molecule has 2 saturated carbocycles. The zero-order chi connectivity index (χ0) is 11.1. The van der Waals surface area contributed by atoms with Crippen LogP contribution in [0, 0.1) is 11.3 Å². The van der Waals surface area contributed by atoms with Gasteiger partial charge in [0.25, 0.3) is 0 Å². The van der Waals surface area contributed by atoms with Crippen LogP contribution in [0.3, 0.4) is 0 Å². The van der Waals surface area contributed by atoms with Gasteiger partial charge in [-0.2, -0.15) is 0 Å². The number of nitrogens with zero attached hydrogens (tertiary/aromatic N) is 1. The van der Waals surface area contributed by atoms with Crippen LogP contribution in [0.5, 0.6) is 0 Å². The number of aliphatic carboxylic acids is 1. The third kappa shape index (κ3) is 1.73. The quantitative estimate of drug-likeness (QED) is 0.709. The van der Waals surface area contributed by atoms with E-state index in [1.165, 1.54) is 12.8 Å². The van der Waals surface area contributed by atoms with E-state index in [1.807, 2.05) is 0 Å². The van der Waals surface area contributed by atoms with Crippen LogP contribution in [-0.2, 0) is 9.59 Å². The van der Waals surface area contributed by atoms with E-state index in [0.717, 1.165) is 13.0 Å². The number of carboxylic acid groups (broad SMARTS) is 1. The molecule has 0 atom stereocenters. The lowest BCUT2D eigenvalue weighted by atomic mass is 9.68. The molecule has 2 fully saturated rings. The van der Waals surface area contributed by atoms with Gasteiger partial charge in [0, 0.05) is 13.6 Å². The van der Waals surface area contributed by atoms with Gasteiger partial charge in [-0.3, -0.25) is 9.59 Å². The van der Waals surface area contributed by atoms with Gasteiger partial charge in [0.05, 0.1) is 0 Å². The molecule has 0 aromatic carbocycles. The summed E-state index contributed by atoms with van der Waals surface area (Å²) in [5.74, 6) is -0.514. The molecule has 2 aliphatic carbocycles. The first-order valence-electron chi connectivity index (χ1n) is 5.55. The van der Waals surface area contributed by atoms with E-state index in [4.69, 9.17) is 5.11 Å². The lowest BCUT2D eigenvalue weighted by Gasteiger charge is -2.38. The number of hydrogen-bond acceptors (Lipinski definition) is 2. The molecule has 2 rings (SSSR count). The fourth-order valence-corrected chi connectivity index (χ4v) is 2.19. The summed E-state index contributed by atoms with van der Waals surface area (Å²) < 4.78 is 0. The van der Waals surface area contributed by atoms with Crippen molar-refractivity contribution in [3.63, 3.8) is 0 Å². The molecule has 0 saturated heterocycles. The van der Waals surface area contributed by atoms with E-state index in [-0.39, 0.29) is 5.91 Å². The lowest BCUT2D eigenvalue weighted by Crippen LogP contribution is -2.51. The molecule has 0 aliphatic heterocycles. The third-order valence-corrected chi connectivity index (χ3v) is 3.60. The van der Waals surface area contributed by atoms with Crippen LogP contribution in [0.25, 0.3) is 0 Å². The van der Waals surface area contributed by atoms with Crippen molar-refractivity contribution >= 4 is 11.9 Å². The number of carbonyl (C=O) groups excluding carboxylic acids is 1. The van der Waals surface area contributed by atoms with Crippen LogP contribution in [0.4, 0.5) is 0 Å². The molecule has 0 spiro atoms. The number of carbonyl (C=O) groups is 2. The Morgan fingerprint density at radius 1 is 1.40 bits per heavy atom. The summed E-state index contributed by atoms with van der Waals surface area (Å²) in [7, 11) is 1.73. The first-order valence-corrected chi connectivity index (χ1v) is 5.55. The first kappa shape index (κ1) is 10.5. The normalized spacial score (nSPS) is 23.0. The van der Waals surface area contributed by atoms with Gasteiger partial charge in [-0.25, -0.2) is 0 Å². The monoisotopic (exact) mass is 211 g/mol. The molecule has 0 radical (unpaired) electrons.